The predicted octanol–water partition coefficient (Wildman–Crippen LogP) is 6.28. The lowest BCUT2D eigenvalue weighted by atomic mass is 9.93. The zero-order chi connectivity index (χ0) is 33.4. The van der Waals surface area contributed by atoms with Crippen LogP contribution >= 0.6 is 11.6 Å². The molecule has 0 aromatic heterocycles. The van der Waals surface area contributed by atoms with Gasteiger partial charge in [-0.3, -0.25) is 9.59 Å². The Kier molecular flexibility index (Phi) is 12.4. The number of ether oxygens (including phenoxy) is 1. The van der Waals surface area contributed by atoms with Gasteiger partial charge < -0.3 is 24.8 Å². The van der Waals surface area contributed by atoms with Gasteiger partial charge in [0.25, 0.3) is 6.02 Å². The van der Waals surface area contributed by atoms with Gasteiger partial charge in [-0.15, -0.1) is 0 Å². The molecule has 2 aromatic carbocycles. The number of rotatable bonds is 13. The molecule has 1 N–H and O–H groups in total. The highest BCUT2D eigenvalue weighted by molar-refractivity contribution is 6.30. The lowest BCUT2D eigenvalue weighted by Gasteiger charge is -2.42. The topological polar surface area (TPSA) is 77.5 Å². The van der Waals surface area contributed by atoms with Crippen LogP contribution in [0.25, 0.3) is 0 Å². The molecular weight excluding hydrogens is 610 g/mol. The average molecular weight is 664 g/mol. The number of amidine groups is 1. The van der Waals surface area contributed by atoms with Gasteiger partial charge in [-0.2, -0.15) is 0 Å². The maximum absolute atomic E-state index is 14.3. The molecule has 0 radical (unpaired) electrons. The molecule has 2 saturated heterocycles. The zero-order valence-electron chi connectivity index (χ0n) is 28.8. The number of carbonyl (C=O) groups excluding carboxylic acids is 2. The van der Waals surface area contributed by atoms with Crippen molar-refractivity contribution in [2.24, 2.45) is 4.99 Å². The number of piperazine rings is 1. The molecule has 0 spiro atoms. The third kappa shape index (κ3) is 9.58. The summed E-state index contributed by atoms with van der Waals surface area (Å²) >= 11 is 6.24. The number of nitrogens with zero attached hydrogens (tertiary/aromatic N) is 4. The number of piperidine rings is 1. The minimum atomic E-state index is -0.592. The highest BCUT2D eigenvalue weighted by atomic mass is 35.5. The summed E-state index contributed by atoms with van der Waals surface area (Å²) in [4.78, 5) is 39.9. The first kappa shape index (κ1) is 35.4. The van der Waals surface area contributed by atoms with Crippen LogP contribution in [0.5, 0.6) is 0 Å². The molecule has 1 unspecified atom stereocenters. The van der Waals surface area contributed by atoms with Crippen LogP contribution in [0.4, 0.5) is 0 Å². The maximum Gasteiger partial charge on any atom is 0.288 e. The van der Waals surface area contributed by atoms with Crippen molar-refractivity contribution in [3.63, 3.8) is 0 Å². The van der Waals surface area contributed by atoms with Crippen LogP contribution in [-0.4, -0.2) is 95.3 Å². The maximum atomic E-state index is 14.3. The minimum absolute atomic E-state index is 0.0224. The molecular formula is C38H54ClN5O3. The summed E-state index contributed by atoms with van der Waals surface area (Å²) in [6.45, 7) is 13.2. The Morgan fingerprint density at radius 2 is 1.77 bits per heavy atom. The summed E-state index contributed by atoms with van der Waals surface area (Å²) in [7, 11) is 0. The van der Waals surface area contributed by atoms with E-state index in [4.69, 9.17) is 21.3 Å². The van der Waals surface area contributed by atoms with Crippen LogP contribution in [0, 0.1) is 0 Å². The number of likely N-dealkylation sites (tertiary alicyclic amines) is 1. The van der Waals surface area contributed by atoms with Crippen LogP contribution in [0.2, 0.25) is 5.02 Å². The van der Waals surface area contributed by atoms with E-state index in [1.807, 2.05) is 47.4 Å². The number of amides is 1. The van der Waals surface area contributed by atoms with Crippen molar-refractivity contribution in [1.82, 2.24) is 20.0 Å². The van der Waals surface area contributed by atoms with E-state index in [-0.39, 0.29) is 29.9 Å². The number of aryl methyl sites for hydroxylation is 1. The molecule has 256 valence electrons. The van der Waals surface area contributed by atoms with Crippen LogP contribution in [0.1, 0.15) is 89.9 Å². The SMILES string of the molecule is CC(C)N[C@H](CCCCN1CCCCC1)C(=O)N1CCN(C2=NC(C)(C)C(c3ccccc3)O2)C[C@H]1C(=O)CCc1cccc(Cl)c1. The number of ketones is 1. The van der Waals surface area contributed by atoms with Crippen molar-refractivity contribution < 1.29 is 14.3 Å². The van der Waals surface area contributed by atoms with Crippen LogP contribution in [0.15, 0.2) is 59.6 Å². The van der Waals surface area contributed by atoms with Gasteiger partial charge in [0.2, 0.25) is 5.91 Å². The Balaban J connectivity index is 1.30. The number of hydrogen-bond donors (Lipinski definition) is 1. The predicted molar refractivity (Wildman–Crippen MR) is 190 cm³/mol. The monoisotopic (exact) mass is 663 g/mol. The van der Waals surface area contributed by atoms with Crippen molar-refractivity contribution in [3.05, 3.63) is 70.7 Å². The van der Waals surface area contributed by atoms with Crippen molar-refractivity contribution >= 4 is 29.3 Å². The number of benzene rings is 2. The molecule has 2 aromatic rings. The van der Waals surface area contributed by atoms with Gasteiger partial charge in [-0.25, -0.2) is 4.99 Å². The number of unbranched alkanes of at least 4 members (excludes halogenated alkanes) is 1. The smallest absolute Gasteiger partial charge is 0.288 e. The van der Waals surface area contributed by atoms with E-state index in [9.17, 15) is 9.59 Å². The van der Waals surface area contributed by atoms with Crippen LogP contribution in [0.3, 0.4) is 0 Å². The third-order valence-corrected chi connectivity index (χ3v) is 9.94. The van der Waals surface area contributed by atoms with Gasteiger partial charge in [0.05, 0.1) is 6.04 Å². The fraction of sp³-hybridized carbons (Fsp3) is 0.605. The van der Waals surface area contributed by atoms with E-state index in [1.54, 1.807) is 0 Å². The van der Waals surface area contributed by atoms with Gasteiger partial charge in [0, 0.05) is 37.1 Å². The average Bonchev–Trinajstić information content (AvgIpc) is 3.40. The summed E-state index contributed by atoms with van der Waals surface area (Å²) in [5.41, 5.74) is 1.62. The standard InChI is InChI=1S/C38H54ClN5O3/c1-28(2)40-32(18-9-12-23-42-21-10-6-11-22-42)36(46)44-25-24-43(27-33(44)34(45)20-19-29-14-13-17-31(39)26-29)37-41-38(3,4)35(47-37)30-15-7-5-8-16-30/h5,7-8,13-17,26,28,32-33,35,40H,6,9-12,18-25,27H2,1-4H3/t32-,33+,35?/m1/s1. The second-order valence-corrected chi connectivity index (χ2v) is 14.8. The van der Waals surface area contributed by atoms with Crippen LogP contribution < -0.4 is 5.32 Å². The second-order valence-electron chi connectivity index (χ2n) is 14.3. The zero-order valence-corrected chi connectivity index (χ0v) is 29.6. The fourth-order valence-electron chi connectivity index (χ4n) is 7.20. The largest absolute Gasteiger partial charge is 0.454 e. The van der Waals surface area contributed by atoms with Gasteiger partial charge in [-0.05, 0) is 88.8 Å². The Labute approximate surface area is 286 Å². The fourth-order valence-corrected chi connectivity index (χ4v) is 7.41. The summed E-state index contributed by atoms with van der Waals surface area (Å²) in [6.07, 6.45) is 7.40. The quantitative estimate of drug-likeness (QED) is 0.254. The Morgan fingerprint density at radius 3 is 2.49 bits per heavy atom. The Hall–Kier alpha value is -2.94. The number of carbonyl (C=O) groups is 2. The van der Waals surface area contributed by atoms with Gasteiger partial charge in [-0.1, -0.05) is 80.8 Å². The second kappa shape index (κ2) is 16.4. The lowest BCUT2D eigenvalue weighted by Crippen LogP contribution is -2.62. The summed E-state index contributed by atoms with van der Waals surface area (Å²) < 4.78 is 6.51. The molecule has 9 heteroatoms. The Morgan fingerprint density at radius 1 is 1.00 bits per heavy atom. The van der Waals surface area contributed by atoms with E-state index in [2.05, 4.69) is 54.9 Å². The molecule has 3 heterocycles. The number of hydrogen-bond acceptors (Lipinski definition) is 7. The van der Waals surface area contributed by atoms with Gasteiger partial charge in [0.15, 0.2) is 11.9 Å². The number of halogens is 1. The highest BCUT2D eigenvalue weighted by Gasteiger charge is 2.44. The van der Waals surface area contributed by atoms with Crippen LogP contribution in [-0.2, 0) is 20.7 Å². The van der Waals surface area contributed by atoms with E-state index in [0.29, 0.717) is 43.5 Å². The molecule has 0 saturated carbocycles. The first-order valence-electron chi connectivity index (χ1n) is 17.7. The lowest BCUT2D eigenvalue weighted by molar-refractivity contribution is -0.144. The van der Waals surface area contributed by atoms with Gasteiger partial charge >= 0.3 is 0 Å². The number of Topliss-reactive ketones (excluding diaryl/α,β-unsaturated/α-hetero) is 1. The molecule has 3 aliphatic rings. The Bertz CT molecular complexity index is 1360. The molecule has 1 amide bonds. The van der Waals surface area contributed by atoms with E-state index in [1.165, 1.54) is 32.4 Å². The summed E-state index contributed by atoms with van der Waals surface area (Å²) in [5, 5.41) is 4.21. The molecule has 3 atom stereocenters. The van der Waals surface area contributed by atoms with E-state index < -0.39 is 11.6 Å². The molecule has 3 aliphatic heterocycles. The molecule has 8 nitrogen and oxygen atoms in total. The number of nitrogens with one attached hydrogen (secondary N) is 1. The molecule has 5 rings (SSSR count). The number of aliphatic imine (C=N–C) groups is 1. The summed E-state index contributed by atoms with van der Waals surface area (Å²) in [6, 6.07) is 17.6. The van der Waals surface area contributed by atoms with Crippen molar-refractivity contribution in [2.75, 3.05) is 39.3 Å². The molecule has 0 aliphatic carbocycles. The molecule has 2 fully saturated rings. The van der Waals surface area contributed by atoms with E-state index in [0.717, 1.165) is 36.9 Å². The van der Waals surface area contributed by atoms with Crippen molar-refractivity contribution in [3.8, 4) is 0 Å². The molecule has 0 bridgehead atoms. The summed E-state index contributed by atoms with van der Waals surface area (Å²) in [5.74, 6) is 0.0723. The first-order valence-corrected chi connectivity index (χ1v) is 18.1. The third-order valence-electron chi connectivity index (χ3n) is 9.70. The minimum Gasteiger partial charge on any atom is -0.454 e. The van der Waals surface area contributed by atoms with Crippen molar-refractivity contribution in [2.45, 2.75) is 109 Å². The molecule has 47 heavy (non-hydrogen) atoms. The van der Waals surface area contributed by atoms with Gasteiger partial charge in [0.1, 0.15) is 11.6 Å². The normalized spacial score (nSPS) is 22.2. The van der Waals surface area contributed by atoms with E-state index >= 15 is 0 Å². The highest BCUT2D eigenvalue weighted by Crippen LogP contribution is 2.38. The van der Waals surface area contributed by atoms with Crippen molar-refractivity contribution in [1.29, 1.82) is 0 Å². The first-order chi connectivity index (χ1) is 22.6.